The average molecular weight is 195 g/mol. The lowest BCUT2D eigenvalue weighted by atomic mass is 10.3. The van der Waals surface area contributed by atoms with Crippen LogP contribution in [0.2, 0.25) is 0 Å². The minimum atomic E-state index is -0.273. The van der Waals surface area contributed by atoms with E-state index in [1.807, 2.05) is 0 Å². The molecule has 1 aromatic carbocycles. The van der Waals surface area contributed by atoms with Gasteiger partial charge in [-0.15, -0.1) is 11.3 Å². The Balaban J connectivity index is 2.15. The standard InChI is InChI=1S/C9H6FNOS/c10-7-1-3-8(4-2-7)12-9-5-13-6-11-9/h1-6H. The minimum Gasteiger partial charge on any atom is -0.438 e. The number of halogens is 1. The van der Waals surface area contributed by atoms with Crippen LogP contribution in [0, 0.1) is 5.82 Å². The van der Waals surface area contributed by atoms with Gasteiger partial charge in [0.1, 0.15) is 11.6 Å². The van der Waals surface area contributed by atoms with Crippen molar-refractivity contribution in [1.29, 1.82) is 0 Å². The fourth-order valence-electron chi connectivity index (χ4n) is 0.875. The Labute approximate surface area is 78.6 Å². The van der Waals surface area contributed by atoms with E-state index in [0.717, 1.165) is 0 Å². The van der Waals surface area contributed by atoms with Crippen LogP contribution >= 0.6 is 11.3 Å². The summed E-state index contributed by atoms with van der Waals surface area (Å²) in [5, 5.41) is 1.78. The van der Waals surface area contributed by atoms with E-state index in [4.69, 9.17) is 4.74 Å². The van der Waals surface area contributed by atoms with Crippen molar-refractivity contribution in [2.24, 2.45) is 0 Å². The van der Waals surface area contributed by atoms with Gasteiger partial charge in [-0.05, 0) is 24.3 Å². The molecule has 0 saturated heterocycles. The average Bonchev–Trinajstić information content (AvgIpc) is 2.62. The van der Waals surface area contributed by atoms with Crippen molar-refractivity contribution in [3.8, 4) is 11.6 Å². The molecule has 0 atom stereocenters. The second kappa shape index (κ2) is 3.53. The van der Waals surface area contributed by atoms with E-state index in [1.54, 1.807) is 23.0 Å². The molecular formula is C9H6FNOS. The van der Waals surface area contributed by atoms with Gasteiger partial charge in [0, 0.05) is 0 Å². The van der Waals surface area contributed by atoms with Gasteiger partial charge in [0.05, 0.1) is 10.9 Å². The van der Waals surface area contributed by atoms with E-state index in [-0.39, 0.29) is 5.82 Å². The Morgan fingerprint density at radius 2 is 2.00 bits per heavy atom. The summed E-state index contributed by atoms with van der Waals surface area (Å²) in [7, 11) is 0. The predicted octanol–water partition coefficient (Wildman–Crippen LogP) is 3.07. The molecule has 2 nitrogen and oxygen atoms in total. The number of hydrogen-bond donors (Lipinski definition) is 0. The van der Waals surface area contributed by atoms with Gasteiger partial charge in [-0.3, -0.25) is 0 Å². The molecule has 0 aliphatic rings. The molecule has 0 fully saturated rings. The number of thiazole rings is 1. The Kier molecular flexibility index (Phi) is 2.23. The smallest absolute Gasteiger partial charge is 0.230 e. The topological polar surface area (TPSA) is 22.1 Å². The third kappa shape index (κ3) is 2.03. The van der Waals surface area contributed by atoms with Crippen molar-refractivity contribution < 1.29 is 9.13 Å². The number of rotatable bonds is 2. The minimum absolute atomic E-state index is 0.273. The molecule has 1 heterocycles. The first-order chi connectivity index (χ1) is 6.34. The van der Waals surface area contributed by atoms with Crippen molar-refractivity contribution in [1.82, 2.24) is 4.98 Å². The van der Waals surface area contributed by atoms with Crippen LogP contribution in [0.15, 0.2) is 35.2 Å². The molecule has 0 amide bonds. The van der Waals surface area contributed by atoms with E-state index in [0.29, 0.717) is 11.6 Å². The second-order valence-corrected chi connectivity index (χ2v) is 3.10. The Hall–Kier alpha value is -1.42. The normalized spacial score (nSPS) is 9.92. The van der Waals surface area contributed by atoms with Crippen LogP contribution in [0.1, 0.15) is 0 Å². The Bertz CT molecular complexity index is 371. The zero-order valence-corrected chi connectivity index (χ0v) is 7.42. The third-order valence-electron chi connectivity index (χ3n) is 1.45. The molecule has 13 heavy (non-hydrogen) atoms. The van der Waals surface area contributed by atoms with Crippen molar-refractivity contribution in [2.75, 3.05) is 0 Å². The first kappa shape index (κ1) is 8.19. The molecule has 0 N–H and O–H groups in total. The fourth-order valence-corrected chi connectivity index (χ4v) is 1.33. The summed E-state index contributed by atoms with van der Waals surface area (Å²) in [4.78, 5) is 3.94. The predicted molar refractivity (Wildman–Crippen MR) is 48.6 cm³/mol. The van der Waals surface area contributed by atoms with Crippen LogP contribution in [-0.4, -0.2) is 4.98 Å². The zero-order chi connectivity index (χ0) is 9.10. The van der Waals surface area contributed by atoms with Crippen molar-refractivity contribution in [2.45, 2.75) is 0 Å². The summed E-state index contributed by atoms with van der Waals surface area (Å²) in [6.07, 6.45) is 0. The first-order valence-electron chi connectivity index (χ1n) is 3.66. The molecule has 0 bridgehead atoms. The summed E-state index contributed by atoms with van der Waals surface area (Å²) in [5.41, 5.74) is 1.68. The highest BCUT2D eigenvalue weighted by molar-refractivity contribution is 7.07. The summed E-state index contributed by atoms with van der Waals surface area (Å²) in [6, 6.07) is 5.83. The molecule has 0 aliphatic carbocycles. The number of benzene rings is 1. The van der Waals surface area contributed by atoms with Crippen LogP contribution in [0.25, 0.3) is 0 Å². The number of ether oxygens (including phenoxy) is 1. The zero-order valence-electron chi connectivity index (χ0n) is 6.61. The largest absolute Gasteiger partial charge is 0.438 e. The maximum absolute atomic E-state index is 12.5. The molecule has 0 radical (unpaired) electrons. The van der Waals surface area contributed by atoms with Gasteiger partial charge < -0.3 is 4.74 Å². The third-order valence-corrected chi connectivity index (χ3v) is 2.01. The number of nitrogens with zero attached hydrogens (tertiary/aromatic N) is 1. The second-order valence-electron chi connectivity index (χ2n) is 2.38. The number of hydrogen-bond acceptors (Lipinski definition) is 3. The fraction of sp³-hybridized carbons (Fsp3) is 0. The molecule has 66 valence electrons. The quantitative estimate of drug-likeness (QED) is 0.734. The van der Waals surface area contributed by atoms with Crippen LogP contribution in [0.3, 0.4) is 0 Å². The monoisotopic (exact) mass is 195 g/mol. The van der Waals surface area contributed by atoms with Gasteiger partial charge in [0.2, 0.25) is 5.88 Å². The molecule has 0 unspecified atom stereocenters. The highest BCUT2D eigenvalue weighted by Crippen LogP contribution is 2.20. The molecular weight excluding hydrogens is 189 g/mol. The first-order valence-corrected chi connectivity index (χ1v) is 4.60. The maximum Gasteiger partial charge on any atom is 0.230 e. The van der Waals surface area contributed by atoms with Crippen LogP contribution in [-0.2, 0) is 0 Å². The van der Waals surface area contributed by atoms with Gasteiger partial charge in [-0.25, -0.2) is 9.37 Å². The summed E-state index contributed by atoms with van der Waals surface area (Å²) >= 11 is 1.45. The summed E-state index contributed by atoms with van der Waals surface area (Å²) < 4.78 is 17.8. The molecule has 2 aromatic rings. The Morgan fingerprint density at radius 3 is 2.62 bits per heavy atom. The van der Waals surface area contributed by atoms with Crippen LogP contribution in [0.5, 0.6) is 11.6 Å². The SMILES string of the molecule is Fc1ccc(Oc2cscn2)cc1. The summed E-state index contributed by atoms with van der Waals surface area (Å²) in [5.74, 6) is 0.856. The lowest BCUT2D eigenvalue weighted by Gasteiger charge is -2.00. The van der Waals surface area contributed by atoms with E-state index < -0.39 is 0 Å². The molecule has 0 aliphatic heterocycles. The van der Waals surface area contributed by atoms with E-state index in [9.17, 15) is 4.39 Å². The highest BCUT2D eigenvalue weighted by atomic mass is 32.1. The van der Waals surface area contributed by atoms with Crippen LogP contribution < -0.4 is 4.74 Å². The lowest BCUT2D eigenvalue weighted by molar-refractivity contribution is 0.465. The van der Waals surface area contributed by atoms with Crippen molar-refractivity contribution in [3.63, 3.8) is 0 Å². The highest BCUT2D eigenvalue weighted by Gasteiger charge is 1.97. The van der Waals surface area contributed by atoms with Crippen LogP contribution in [0.4, 0.5) is 4.39 Å². The van der Waals surface area contributed by atoms with E-state index >= 15 is 0 Å². The molecule has 2 rings (SSSR count). The Morgan fingerprint density at radius 1 is 1.23 bits per heavy atom. The van der Waals surface area contributed by atoms with Gasteiger partial charge in [0.15, 0.2) is 0 Å². The van der Waals surface area contributed by atoms with Crippen molar-refractivity contribution in [3.05, 3.63) is 41.0 Å². The molecule has 0 spiro atoms. The van der Waals surface area contributed by atoms with Gasteiger partial charge in [-0.2, -0.15) is 0 Å². The molecule has 0 saturated carbocycles. The van der Waals surface area contributed by atoms with Gasteiger partial charge >= 0.3 is 0 Å². The van der Waals surface area contributed by atoms with Gasteiger partial charge in [0.25, 0.3) is 0 Å². The maximum atomic E-state index is 12.5. The summed E-state index contributed by atoms with van der Waals surface area (Å²) in [6.45, 7) is 0. The molecule has 4 heteroatoms. The number of aromatic nitrogens is 1. The molecule has 1 aromatic heterocycles. The van der Waals surface area contributed by atoms with E-state index in [2.05, 4.69) is 4.98 Å². The van der Waals surface area contributed by atoms with E-state index in [1.165, 1.54) is 23.5 Å². The lowest BCUT2D eigenvalue weighted by Crippen LogP contribution is -1.83. The van der Waals surface area contributed by atoms with Gasteiger partial charge in [-0.1, -0.05) is 0 Å². The van der Waals surface area contributed by atoms with Crippen molar-refractivity contribution >= 4 is 11.3 Å².